The lowest BCUT2D eigenvalue weighted by molar-refractivity contribution is 1.09. The molecule has 0 amide bonds. The SMILES string of the molecule is Cc1cc(Br)cc2n[nH]c(I)c12. The lowest BCUT2D eigenvalue weighted by atomic mass is 10.1. The second kappa shape index (κ2) is 2.99. The van der Waals surface area contributed by atoms with Crippen molar-refractivity contribution in [3.63, 3.8) is 0 Å². The summed E-state index contributed by atoms with van der Waals surface area (Å²) in [5, 5.41) is 8.36. The van der Waals surface area contributed by atoms with Gasteiger partial charge in [0.05, 0.1) is 5.52 Å². The number of aryl methyl sites for hydroxylation is 1. The normalized spacial score (nSPS) is 10.9. The second-order valence-electron chi connectivity index (χ2n) is 2.65. The Morgan fingerprint density at radius 3 is 3.00 bits per heavy atom. The number of benzene rings is 1. The highest BCUT2D eigenvalue weighted by Gasteiger charge is 2.05. The summed E-state index contributed by atoms with van der Waals surface area (Å²) >= 11 is 5.69. The Bertz CT molecular complexity index is 436. The highest BCUT2D eigenvalue weighted by Crippen LogP contribution is 2.25. The van der Waals surface area contributed by atoms with E-state index in [1.54, 1.807) is 0 Å². The highest BCUT2D eigenvalue weighted by atomic mass is 127. The zero-order chi connectivity index (χ0) is 8.72. The number of hydrogen-bond donors (Lipinski definition) is 1. The average Bonchev–Trinajstić information content (AvgIpc) is 2.31. The molecule has 4 heteroatoms. The number of fused-ring (bicyclic) bond motifs is 1. The smallest absolute Gasteiger partial charge is 0.104 e. The molecule has 1 aromatic heterocycles. The van der Waals surface area contributed by atoms with Crippen LogP contribution >= 0.6 is 38.5 Å². The van der Waals surface area contributed by atoms with Crippen molar-refractivity contribution < 1.29 is 0 Å². The molecule has 0 fully saturated rings. The van der Waals surface area contributed by atoms with Crippen LogP contribution in [0.3, 0.4) is 0 Å². The molecule has 0 atom stereocenters. The Balaban J connectivity index is 2.93. The molecule has 1 aromatic carbocycles. The maximum absolute atomic E-state index is 4.18. The van der Waals surface area contributed by atoms with E-state index in [0.717, 1.165) is 13.7 Å². The number of halogens is 2. The Morgan fingerprint density at radius 1 is 1.50 bits per heavy atom. The molecule has 0 saturated carbocycles. The van der Waals surface area contributed by atoms with Gasteiger partial charge >= 0.3 is 0 Å². The van der Waals surface area contributed by atoms with Gasteiger partial charge in [0.25, 0.3) is 0 Å². The van der Waals surface area contributed by atoms with Gasteiger partial charge in [0.1, 0.15) is 3.70 Å². The molecule has 62 valence electrons. The largest absolute Gasteiger partial charge is 0.271 e. The highest BCUT2D eigenvalue weighted by molar-refractivity contribution is 14.1. The first-order chi connectivity index (χ1) is 5.68. The maximum atomic E-state index is 4.18. The van der Waals surface area contributed by atoms with E-state index in [4.69, 9.17) is 0 Å². The van der Waals surface area contributed by atoms with Crippen LogP contribution in [0.1, 0.15) is 5.56 Å². The Kier molecular flexibility index (Phi) is 2.12. The quantitative estimate of drug-likeness (QED) is 0.735. The Labute approximate surface area is 92.0 Å². The average molecular weight is 337 g/mol. The summed E-state index contributed by atoms with van der Waals surface area (Å²) in [6, 6.07) is 4.11. The molecule has 0 aliphatic carbocycles. The molecule has 2 aromatic rings. The van der Waals surface area contributed by atoms with Crippen LogP contribution in [-0.2, 0) is 0 Å². The van der Waals surface area contributed by atoms with E-state index in [-0.39, 0.29) is 0 Å². The summed E-state index contributed by atoms with van der Waals surface area (Å²) in [7, 11) is 0. The van der Waals surface area contributed by atoms with Crippen LogP contribution in [0.2, 0.25) is 0 Å². The maximum Gasteiger partial charge on any atom is 0.104 e. The topological polar surface area (TPSA) is 28.7 Å². The van der Waals surface area contributed by atoms with Crippen molar-refractivity contribution in [2.75, 3.05) is 0 Å². The first kappa shape index (κ1) is 8.50. The number of nitrogens with one attached hydrogen (secondary N) is 1. The molecule has 2 rings (SSSR count). The Morgan fingerprint density at radius 2 is 2.25 bits per heavy atom. The van der Waals surface area contributed by atoms with E-state index in [9.17, 15) is 0 Å². The van der Waals surface area contributed by atoms with Crippen molar-refractivity contribution in [3.8, 4) is 0 Å². The van der Waals surface area contributed by atoms with Crippen LogP contribution in [0.5, 0.6) is 0 Å². The third-order valence-electron chi connectivity index (χ3n) is 1.77. The zero-order valence-corrected chi connectivity index (χ0v) is 10.1. The fourth-order valence-corrected chi connectivity index (χ4v) is 2.65. The van der Waals surface area contributed by atoms with Crippen molar-refractivity contribution in [3.05, 3.63) is 25.9 Å². The van der Waals surface area contributed by atoms with Crippen molar-refractivity contribution >= 4 is 49.4 Å². The number of aromatic nitrogens is 2. The standard InChI is InChI=1S/C8H6BrIN2/c1-4-2-5(9)3-6-7(4)8(10)12-11-6/h2-3H,1H3,(H,11,12). The summed E-state index contributed by atoms with van der Waals surface area (Å²) in [6.07, 6.45) is 0. The number of rotatable bonds is 0. The van der Waals surface area contributed by atoms with Gasteiger partial charge < -0.3 is 0 Å². The van der Waals surface area contributed by atoms with Crippen molar-refractivity contribution in [2.45, 2.75) is 6.92 Å². The third kappa shape index (κ3) is 1.26. The minimum atomic E-state index is 1.02. The molecule has 1 heterocycles. The molecule has 0 radical (unpaired) electrons. The van der Waals surface area contributed by atoms with Gasteiger partial charge in [0.15, 0.2) is 0 Å². The Hall–Kier alpha value is -0.100. The molecule has 0 aliphatic heterocycles. The van der Waals surface area contributed by atoms with E-state index in [2.05, 4.69) is 61.7 Å². The van der Waals surface area contributed by atoms with Gasteiger partial charge in [-0.15, -0.1) is 0 Å². The molecule has 12 heavy (non-hydrogen) atoms. The molecule has 0 spiro atoms. The third-order valence-corrected chi connectivity index (χ3v) is 3.01. The van der Waals surface area contributed by atoms with Gasteiger partial charge in [-0.2, -0.15) is 5.10 Å². The van der Waals surface area contributed by atoms with Gasteiger partial charge in [-0.1, -0.05) is 15.9 Å². The number of nitrogens with zero attached hydrogens (tertiary/aromatic N) is 1. The molecular formula is C8H6BrIN2. The van der Waals surface area contributed by atoms with Gasteiger partial charge in [-0.25, -0.2) is 0 Å². The van der Waals surface area contributed by atoms with Gasteiger partial charge in [-0.05, 0) is 47.2 Å². The summed E-state index contributed by atoms with van der Waals surface area (Å²) < 4.78 is 2.18. The first-order valence-electron chi connectivity index (χ1n) is 3.48. The second-order valence-corrected chi connectivity index (χ2v) is 4.65. The van der Waals surface area contributed by atoms with Crippen molar-refractivity contribution in [1.82, 2.24) is 10.2 Å². The van der Waals surface area contributed by atoms with Crippen LogP contribution in [0.4, 0.5) is 0 Å². The fourth-order valence-electron chi connectivity index (χ4n) is 1.26. The van der Waals surface area contributed by atoms with E-state index < -0.39 is 0 Å². The first-order valence-corrected chi connectivity index (χ1v) is 5.35. The minimum Gasteiger partial charge on any atom is -0.271 e. The predicted octanol–water partition coefficient (Wildman–Crippen LogP) is 3.24. The molecular weight excluding hydrogens is 331 g/mol. The molecule has 0 aliphatic rings. The lowest BCUT2D eigenvalue weighted by Gasteiger charge is -1.96. The number of H-pyrrole nitrogens is 1. The van der Waals surface area contributed by atoms with Gasteiger partial charge in [0.2, 0.25) is 0 Å². The summed E-state index contributed by atoms with van der Waals surface area (Å²) in [6.45, 7) is 2.09. The van der Waals surface area contributed by atoms with E-state index in [1.165, 1.54) is 10.9 Å². The number of hydrogen-bond acceptors (Lipinski definition) is 1. The molecule has 1 N–H and O–H groups in total. The van der Waals surface area contributed by atoms with Crippen LogP contribution < -0.4 is 0 Å². The molecule has 0 unspecified atom stereocenters. The van der Waals surface area contributed by atoms with Crippen LogP contribution in [0.15, 0.2) is 16.6 Å². The number of aromatic amines is 1. The zero-order valence-electron chi connectivity index (χ0n) is 6.36. The minimum absolute atomic E-state index is 1.02. The van der Waals surface area contributed by atoms with E-state index >= 15 is 0 Å². The molecule has 0 bridgehead atoms. The van der Waals surface area contributed by atoms with E-state index in [0.29, 0.717) is 0 Å². The van der Waals surface area contributed by atoms with Crippen LogP contribution in [0.25, 0.3) is 10.9 Å². The summed E-state index contributed by atoms with van der Waals surface area (Å²) in [5.41, 5.74) is 2.27. The van der Waals surface area contributed by atoms with E-state index in [1.807, 2.05) is 6.07 Å². The summed E-state index contributed by atoms with van der Waals surface area (Å²) in [4.78, 5) is 0. The van der Waals surface area contributed by atoms with Crippen LogP contribution in [-0.4, -0.2) is 10.2 Å². The van der Waals surface area contributed by atoms with Gasteiger partial charge in [0, 0.05) is 9.86 Å². The lowest BCUT2D eigenvalue weighted by Crippen LogP contribution is -1.77. The predicted molar refractivity (Wildman–Crippen MR) is 61.2 cm³/mol. The summed E-state index contributed by atoms with van der Waals surface area (Å²) in [5.74, 6) is 0. The van der Waals surface area contributed by atoms with Crippen molar-refractivity contribution in [1.29, 1.82) is 0 Å². The van der Waals surface area contributed by atoms with Crippen molar-refractivity contribution in [2.24, 2.45) is 0 Å². The monoisotopic (exact) mass is 336 g/mol. The molecule has 0 saturated heterocycles. The molecule has 2 nitrogen and oxygen atoms in total. The van der Waals surface area contributed by atoms with Crippen LogP contribution in [0, 0.1) is 10.6 Å². The van der Waals surface area contributed by atoms with Gasteiger partial charge in [-0.3, -0.25) is 5.10 Å². The fraction of sp³-hybridized carbons (Fsp3) is 0.125.